The molecule has 0 spiro atoms. The third kappa shape index (κ3) is 2.37. The number of nitrogens with zero attached hydrogens (tertiary/aromatic N) is 3. The Hall–Kier alpha value is -0.710. The minimum absolute atomic E-state index is 0.580. The van der Waals surface area contributed by atoms with E-state index in [0.717, 1.165) is 22.6 Å². The van der Waals surface area contributed by atoms with Crippen molar-refractivity contribution in [2.24, 2.45) is 0 Å². The van der Waals surface area contributed by atoms with Crippen LogP contribution in [0.4, 0.5) is 0 Å². The average molecular weight is 282 g/mol. The second-order valence-electron chi connectivity index (χ2n) is 4.92. The molecular weight excluding hydrogens is 266 g/mol. The van der Waals surface area contributed by atoms with E-state index in [-0.39, 0.29) is 0 Å². The zero-order chi connectivity index (χ0) is 12.5. The molecule has 0 bridgehead atoms. The first-order valence-corrected chi connectivity index (χ1v) is 7.59. The van der Waals surface area contributed by atoms with Crippen LogP contribution in [0.3, 0.4) is 0 Å². The van der Waals surface area contributed by atoms with Gasteiger partial charge in [0.25, 0.3) is 0 Å². The Morgan fingerprint density at radius 1 is 1.39 bits per heavy atom. The first-order chi connectivity index (χ1) is 8.74. The summed E-state index contributed by atoms with van der Waals surface area (Å²) >= 11 is 7.80. The second kappa shape index (κ2) is 5.11. The lowest BCUT2D eigenvalue weighted by atomic mass is 10.2. The quantitative estimate of drug-likeness (QED) is 0.803. The molecule has 1 aliphatic carbocycles. The molecule has 2 aromatic rings. The molecule has 0 N–H and O–H groups in total. The summed E-state index contributed by atoms with van der Waals surface area (Å²) in [6, 6.07) is 2.67. The van der Waals surface area contributed by atoms with Crippen LogP contribution in [-0.4, -0.2) is 28.0 Å². The molecule has 0 amide bonds. The highest BCUT2D eigenvalue weighted by molar-refractivity contribution is 7.16. The topological polar surface area (TPSA) is 29.0 Å². The minimum Gasteiger partial charge on any atom is -0.296 e. The van der Waals surface area contributed by atoms with Crippen LogP contribution in [0, 0.1) is 0 Å². The lowest BCUT2D eigenvalue weighted by Crippen LogP contribution is -2.29. The zero-order valence-electron chi connectivity index (χ0n) is 10.4. The van der Waals surface area contributed by atoms with Crippen molar-refractivity contribution in [3.05, 3.63) is 22.4 Å². The number of hydrogen-bond donors (Lipinski definition) is 0. The van der Waals surface area contributed by atoms with E-state index in [9.17, 15) is 0 Å². The van der Waals surface area contributed by atoms with Crippen LogP contribution in [0.2, 0.25) is 5.15 Å². The monoisotopic (exact) mass is 281 g/mol. The molecule has 1 aliphatic rings. The molecule has 0 aromatic carbocycles. The van der Waals surface area contributed by atoms with E-state index < -0.39 is 0 Å². The number of thiophene rings is 1. The summed E-state index contributed by atoms with van der Waals surface area (Å²) < 4.78 is 0. The smallest absolute Gasteiger partial charge is 0.145 e. The van der Waals surface area contributed by atoms with Crippen molar-refractivity contribution < 1.29 is 0 Å². The predicted molar refractivity (Wildman–Crippen MR) is 76.1 cm³/mol. The molecular formula is C13H16ClN3S. The third-order valence-corrected chi connectivity index (χ3v) is 4.76. The highest BCUT2D eigenvalue weighted by Crippen LogP contribution is 2.26. The molecule has 1 fully saturated rings. The first kappa shape index (κ1) is 12.3. The van der Waals surface area contributed by atoms with Crippen molar-refractivity contribution in [2.45, 2.75) is 38.3 Å². The summed E-state index contributed by atoms with van der Waals surface area (Å²) in [5, 5.41) is 3.56. The number of rotatable bonds is 3. The van der Waals surface area contributed by atoms with E-state index in [2.05, 4.69) is 21.9 Å². The number of aromatic nitrogens is 2. The van der Waals surface area contributed by atoms with E-state index in [4.69, 9.17) is 11.6 Å². The Morgan fingerprint density at radius 2 is 2.17 bits per heavy atom. The van der Waals surface area contributed by atoms with Crippen LogP contribution in [0.1, 0.15) is 31.5 Å². The lowest BCUT2D eigenvalue weighted by molar-refractivity contribution is 0.232. The van der Waals surface area contributed by atoms with Gasteiger partial charge in [-0.25, -0.2) is 9.97 Å². The molecule has 0 saturated heterocycles. The summed E-state index contributed by atoms with van der Waals surface area (Å²) in [5.74, 6) is 0.837. The van der Waals surface area contributed by atoms with Gasteiger partial charge in [-0.3, -0.25) is 4.90 Å². The van der Waals surface area contributed by atoms with Gasteiger partial charge in [0.1, 0.15) is 15.8 Å². The highest BCUT2D eigenvalue weighted by Gasteiger charge is 2.20. The molecule has 2 heterocycles. The molecule has 1 saturated carbocycles. The van der Waals surface area contributed by atoms with Gasteiger partial charge in [-0.2, -0.15) is 0 Å². The van der Waals surface area contributed by atoms with Gasteiger partial charge in [0, 0.05) is 11.4 Å². The predicted octanol–water partition coefficient (Wildman–Crippen LogP) is 3.72. The molecule has 3 nitrogen and oxygen atoms in total. The average Bonchev–Trinajstić information content (AvgIpc) is 2.99. The molecule has 0 aliphatic heterocycles. The van der Waals surface area contributed by atoms with E-state index >= 15 is 0 Å². The molecule has 18 heavy (non-hydrogen) atoms. The summed E-state index contributed by atoms with van der Waals surface area (Å²) in [6.07, 6.45) is 5.29. The lowest BCUT2D eigenvalue weighted by Gasteiger charge is -2.22. The maximum atomic E-state index is 6.18. The van der Waals surface area contributed by atoms with Crippen molar-refractivity contribution >= 4 is 33.2 Å². The summed E-state index contributed by atoms with van der Waals surface area (Å²) in [5.41, 5.74) is 0. The van der Waals surface area contributed by atoms with Gasteiger partial charge in [-0.1, -0.05) is 24.4 Å². The Balaban J connectivity index is 1.81. The Morgan fingerprint density at radius 3 is 2.94 bits per heavy atom. The fourth-order valence-corrected chi connectivity index (χ4v) is 3.72. The first-order valence-electron chi connectivity index (χ1n) is 6.34. The molecule has 96 valence electrons. The fraction of sp³-hybridized carbons (Fsp3) is 0.538. The summed E-state index contributed by atoms with van der Waals surface area (Å²) in [4.78, 5) is 12.3. The molecule has 3 rings (SSSR count). The van der Waals surface area contributed by atoms with Crippen LogP contribution in [0.15, 0.2) is 11.4 Å². The van der Waals surface area contributed by atoms with Gasteiger partial charge >= 0.3 is 0 Å². The standard InChI is InChI=1S/C13H16ClN3S/c1-17(9-4-2-3-5-9)8-11-15-12(14)10-6-7-18-13(10)16-11/h6-7,9H,2-5,8H2,1H3. The van der Waals surface area contributed by atoms with E-state index in [1.54, 1.807) is 11.3 Å². The maximum Gasteiger partial charge on any atom is 0.145 e. The molecule has 0 unspecified atom stereocenters. The molecule has 0 radical (unpaired) electrons. The zero-order valence-corrected chi connectivity index (χ0v) is 12.0. The molecule has 5 heteroatoms. The Labute approximate surface area is 116 Å². The van der Waals surface area contributed by atoms with Crippen molar-refractivity contribution in [1.29, 1.82) is 0 Å². The summed E-state index contributed by atoms with van der Waals surface area (Å²) in [6.45, 7) is 0.790. The number of hydrogen-bond acceptors (Lipinski definition) is 4. The van der Waals surface area contributed by atoms with E-state index in [0.29, 0.717) is 11.2 Å². The van der Waals surface area contributed by atoms with Gasteiger partial charge in [-0.05, 0) is 31.3 Å². The van der Waals surface area contributed by atoms with Crippen LogP contribution in [-0.2, 0) is 6.54 Å². The second-order valence-corrected chi connectivity index (χ2v) is 6.18. The SMILES string of the molecule is CN(Cc1nc(Cl)c2ccsc2n1)C1CCCC1. The Bertz CT molecular complexity index is 548. The van der Waals surface area contributed by atoms with E-state index in [1.165, 1.54) is 25.7 Å². The van der Waals surface area contributed by atoms with Gasteiger partial charge in [0.05, 0.1) is 6.54 Å². The van der Waals surface area contributed by atoms with Crippen molar-refractivity contribution in [3.63, 3.8) is 0 Å². The fourth-order valence-electron chi connectivity index (χ4n) is 2.63. The van der Waals surface area contributed by atoms with Crippen molar-refractivity contribution in [3.8, 4) is 0 Å². The van der Waals surface area contributed by atoms with Crippen LogP contribution >= 0.6 is 22.9 Å². The number of fused-ring (bicyclic) bond motifs is 1. The number of halogens is 1. The maximum absolute atomic E-state index is 6.18. The van der Waals surface area contributed by atoms with Crippen LogP contribution in [0.25, 0.3) is 10.2 Å². The van der Waals surface area contributed by atoms with E-state index in [1.807, 2.05) is 11.4 Å². The van der Waals surface area contributed by atoms with Crippen LogP contribution in [0.5, 0.6) is 0 Å². The van der Waals surface area contributed by atoms with Gasteiger partial charge < -0.3 is 0 Å². The Kier molecular flexibility index (Phi) is 3.50. The normalized spacial score (nSPS) is 17.1. The highest BCUT2D eigenvalue weighted by atomic mass is 35.5. The van der Waals surface area contributed by atoms with Crippen molar-refractivity contribution in [1.82, 2.24) is 14.9 Å². The largest absolute Gasteiger partial charge is 0.296 e. The molecule has 2 aromatic heterocycles. The van der Waals surface area contributed by atoms with Gasteiger partial charge in [0.2, 0.25) is 0 Å². The summed E-state index contributed by atoms with van der Waals surface area (Å²) in [7, 11) is 2.16. The van der Waals surface area contributed by atoms with Crippen LogP contribution < -0.4 is 0 Å². The minimum atomic E-state index is 0.580. The molecule has 0 atom stereocenters. The van der Waals surface area contributed by atoms with Gasteiger partial charge in [-0.15, -0.1) is 11.3 Å². The van der Waals surface area contributed by atoms with Crippen molar-refractivity contribution in [2.75, 3.05) is 7.05 Å². The van der Waals surface area contributed by atoms with Gasteiger partial charge in [0.15, 0.2) is 0 Å². The third-order valence-electron chi connectivity index (χ3n) is 3.66.